The van der Waals surface area contributed by atoms with Crippen LogP contribution in [0.1, 0.15) is 100 Å². The summed E-state index contributed by atoms with van der Waals surface area (Å²) in [4.78, 5) is 119. The van der Waals surface area contributed by atoms with Crippen LogP contribution in [0.5, 0.6) is 5.75 Å². The zero-order valence-corrected chi connectivity index (χ0v) is 53.3. The van der Waals surface area contributed by atoms with Gasteiger partial charge in [0, 0.05) is 84.1 Å². The molecule has 28 nitrogen and oxygen atoms in total. The van der Waals surface area contributed by atoms with Crippen molar-refractivity contribution in [1.82, 2.24) is 72.4 Å². The van der Waals surface area contributed by atoms with Gasteiger partial charge in [0.2, 0.25) is 29.5 Å². The molecule has 0 aliphatic heterocycles. The van der Waals surface area contributed by atoms with Crippen LogP contribution >= 0.6 is 34.0 Å². The smallest absolute Gasteiger partial charge is 0.271 e. The fraction of sp³-hybridized carbons (Fsp3) is 0.433. The van der Waals surface area contributed by atoms with E-state index in [1.54, 1.807) is 23.7 Å². The summed E-state index contributed by atoms with van der Waals surface area (Å²) in [5.74, 6) is -6.15. The first-order valence-electron chi connectivity index (χ1n) is 29.9. The molecule has 5 aromatic heterocycles. The van der Waals surface area contributed by atoms with E-state index in [-0.39, 0.29) is 66.9 Å². The minimum absolute atomic E-state index is 0.00506. The number of carbonyl (C=O) groups is 7. The highest BCUT2D eigenvalue weighted by atomic mass is 32.1. The zero-order valence-electron chi connectivity index (χ0n) is 50.9. The molecular formula is C60H81N19O9S3. The van der Waals surface area contributed by atoms with Crippen LogP contribution in [0, 0.1) is 12.8 Å². The van der Waals surface area contributed by atoms with Crippen LogP contribution < -0.4 is 71.2 Å². The second-order valence-corrected chi connectivity index (χ2v) is 24.5. The number of rotatable bonds is 38. The Balaban J connectivity index is 0.945. The number of nitrogens with zero attached hydrogens (tertiary/aromatic N) is 5. The summed E-state index contributed by atoms with van der Waals surface area (Å²) in [5.41, 5.74) is 32.0. The standard InChI is InChI=1S/C60H81N19O9S3/c1-32-49(78-53(79-51(32)64)41(26-47(63)81)71-28-39(62)52(65)83)58(88)75-43(25-36-27-70-40-11-5-4-10-38(36)40)57(87)72-34(3)50(82)33(2)54(84)74-42(24-35-12-14-37(80)15-13-35)55(85)69-23-16-48-73-45(30-89-48)59-77-46(31-91-59)60-76-44(29-90-60)56(86)68-22-9-21-67-19-7-6-18-66-20-8-17-61/h4-5,10-15,27,29-31,33-34,39,41-43,50,66-67,70-71,80,82H,6-9,16-26,28,61-62H2,1-3H3,(H2,63,81)(H2,65,83)(H,68,86)(H,69,85)(H,72,87)(H,74,84)(H,75,88)(H2,64,78,79)/t33-,34+,39-,41-,42-,43-,50-/m0/s1. The number of aliphatic hydroxyl groups excluding tert-OH is 1. The van der Waals surface area contributed by atoms with Gasteiger partial charge in [-0.3, -0.25) is 33.6 Å². The number of phenolic OH excluding ortho intramolecular Hbond substituents is 1. The SMILES string of the molecule is Cc1c(N)nc([C@H](CC(N)=O)NC[C@H](N)C(N)=O)nc1C(=O)N[C@@H](Cc1c[nH]c2ccccc12)C(=O)N[C@H](C)[C@@H](O)[C@H](C)C(=O)N[C@@H](Cc1ccc(O)cc1)C(=O)NCCc1nc(-c2nc(-c3nc(C(=O)NCCCNCCCCNCCCN)cs3)cs2)cs1. The zero-order chi connectivity index (χ0) is 65.6. The van der Waals surface area contributed by atoms with E-state index in [2.05, 4.69) is 62.5 Å². The van der Waals surface area contributed by atoms with Crippen molar-refractivity contribution in [3.8, 4) is 27.2 Å². The van der Waals surface area contributed by atoms with Crippen LogP contribution in [0.3, 0.4) is 0 Å². The van der Waals surface area contributed by atoms with E-state index in [0.29, 0.717) is 62.7 Å². The van der Waals surface area contributed by atoms with Gasteiger partial charge in [-0.1, -0.05) is 37.3 Å². The predicted molar refractivity (Wildman–Crippen MR) is 349 cm³/mol. The van der Waals surface area contributed by atoms with Gasteiger partial charge in [-0.2, -0.15) is 0 Å². The first kappa shape index (κ1) is 70.1. The van der Waals surface area contributed by atoms with Crippen molar-refractivity contribution in [3.05, 3.63) is 110 Å². The molecule has 31 heteroatoms. The molecule has 0 saturated heterocycles. The molecule has 7 aromatic rings. The maximum Gasteiger partial charge on any atom is 0.271 e. The van der Waals surface area contributed by atoms with Gasteiger partial charge in [0.15, 0.2) is 0 Å². The highest BCUT2D eigenvalue weighted by Crippen LogP contribution is 2.32. The highest BCUT2D eigenvalue weighted by molar-refractivity contribution is 7.16. The molecule has 0 unspecified atom stereocenters. The lowest BCUT2D eigenvalue weighted by atomic mass is 9.96. The minimum Gasteiger partial charge on any atom is -0.508 e. The van der Waals surface area contributed by atoms with Gasteiger partial charge in [0.1, 0.15) is 62.3 Å². The summed E-state index contributed by atoms with van der Waals surface area (Å²) in [6, 6.07) is 7.68. The molecule has 488 valence electrons. The van der Waals surface area contributed by atoms with Crippen molar-refractivity contribution in [1.29, 1.82) is 0 Å². The number of nitrogens with one attached hydrogen (secondary N) is 9. The number of nitrogens with two attached hydrogens (primary N) is 5. The molecule has 0 spiro atoms. The lowest BCUT2D eigenvalue weighted by molar-refractivity contribution is -0.134. The summed E-state index contributed by atoms with van der Waals surface area (Å²) >= 11 is 4.11. The van der Waals surface area contributed by atoms with Crippen molar-refractivity contribution in [2.75, 3.05) is 58.1 Å². The number of anilines is 1. The summed E-state index contributed by atoms with van der Waals surface area (Å²) in [5, 5.41) is 53.7. The molecule has 0 aliphatic carbocycles. The lowest BCUT2D eigenvalue weighted by Gasteiger charge is -2.28. The topological polar surface area (TPSA) is 467 Å². The van der Waals surface area contributed by atoms with E-state index < -0.39 is 77.7 Å². The fourth-order valence-electron chi connectivity index (χ4n) is 9.50. The number of carbonyl (C=O) groups excluding carboxylic acids is 7. The van der Waals surface area contributed by atoms with Crippen molar-refractivity contribution in [3.63, 3.8) is 0 Å². The van der Waals surface area contributed by atoms with Crippen molar-refractivity contribution >= 4 is 92.1 Å². The number of thiazole rings is 3. The number of aromatic hydroxyl groups is 1. The molecule has 2 aromatic carbocycles. The summed E-state index contributed by atoms with van der Waals surface area (Å²) in [6.45, 7) is 9.22. The van der Waals surface area contributed by atoms with E-state index >= 15 is 0 Å². The molecular weight excluding hydrogens is 1230 g/mol. The van der Waals surface area contributed by atoms with Crippen LogP contribution in [-0.2, 0) is 43.2 Å². The Bertz CT molecular complexity index is 3580. The van der Waals surface area contributed by atoms with Gasteiger partial charge < -0.3 is 86.4 Å². The van der Waals surface area contributed by atoms with Crippen LogP contribution in [0.15, 0.2) is 70.9 Å². The predicted octanol–water partition coefficient (Wildman–Crippen LogP) is 0.934. The number of hydrogen-bond acceptors (Lipinski definition) is 23. The molecule has 21 N–H and O–H groups in total. The first-order valence-corrected chi connectivity index (χ1v) is 32.5. The Morgan fingerprint density at radius 2 is 1.36 bits per heavy atom. The van der Waals surface area contributed by atoms with E-state index in [4.69, 9.17) is 38.6 Å². The minimum atomic E-state index is -1.53. The number of unbranched alkanes of at least 4 members (excludes halogenated alkanes) is 1. The number of amides is 7. The fourth-order valence-corrected chi connectivity index (χ4v) is 12.0. The number of aliphatic hydroxyl groups is 1. The number of aromatic amines is 1. The van der Waals surface area contributed by atoms with Gasteiger partial charge in [-0.25, -0.2) is 24.9 Å². The molecule has 0 bridgehead atoms. The average molecular weight is 1310 g/mol. The third kappa shape index (κ3) is 20.8. The summed E-state index contributed by atoms with van der Waals surface area (Å²) in [6.07, 6.45) is 4.00. The normalized spacial score (nSPS) is 13.7. The second-order valence-electron chi connectivity index (χ2n) is 21.9. The summed E-state index contributed by atoms with van der Waals surface area (Å²) < 4.78 is 0. The van der Waals surface area contributed by atoms with Crippen molar-refractivity contribution in [2.45, 2.75) is 108 Å². The Morgan fingerprint density at radius 1 is 0.692 bits per heavy atom. The Hall–Kier alpha value is -8.40. The van der Waals surface area contributed by atoms with Gasteiger partial charge >= 0.3 is 0 Å². The van der Waals surface area contributed by atoms with E-state index in [0.717, 1.165) is 62.8 Å². The largest absolute Gasteiger partial charge is 0.508 e. The number of hydrogen-bond donors (Lipinski definition) is 16. The third-order valence-corrected chi connectivity index (χ3v) is 17.5. The van der Waals surface area contributed by atoms with Crippen LogP contribution in [0.25, 0.3) is 32.3 Å². The molecule has 7 rings (SSSR count). The first-order chi connectivity index (χ1) is 43.7. The van der Waals surface area contributed by atoms with E-state index in [1.165, 1.54) is 66.9 Å². The Kier molecular flexibility index (Phi) is 26.7. The number of aromatic nitrogens is 6. The van der Waals surface area contributed by atoms with Gasteiger partial charge in [0.25, 0.3) is 11.8 Å². The third-order valence-electron chi connectivity index (χ3n) is 14.8. The molecule has 0 aliphatic rings. The molecule has 0 radical (unpaired) electrons. The van der Waals surface area contributed by atoms with E-state index in [1.807, 2.05) is 35.0 Å². The van der Waals surface area contributed by atoms with Gasteiger partial charge in [-0.15, -0.1) is 34.0 Å². The molecule has 7 amide bonds. The van der Waals surface area contributed by atoms with E-state index in [9.17, 15) is 43.8 Å². The Labute approximate surface area is 537 Å². The van der Waals surface area contributed by atoms with Crippen molar-refractivity contribution < 1.29 is 43.8 Å². The number of primary amides is 2. The van der Waals surface area contributed by atoms with Gasteiger partial charge in [0.05, 0.1) is 35.2 Å². The summed E-state index contributed by atoms with van der Waals surface area (Å²) in [7, 11) is 0. The number of phenols is 1. The number of nitrogen functional groups attached to an aromatic ring is 1. The van der Waals surface area contributed by atoms with Crippen LogP contribution in [0.2, 0.25) is 0 Å². The molecule has 5 heterocycles. The maximum atomic E-state index is 14.4. The number of para-hydroxylation sites is 1. The number of fused-ring (bicyclic) bond motifs is 1. The lowest BCUT2D eigenvalue weighted by Crippen LogP contribution is -2.56. The number of benzene rings is 2. The molecule has 7 atom stereocenters. The second kappa shape index (κ2) is 34.7. The molecule has 0 fully saturated rings. The van der Waals surface area contributed by atoms with Gasteiger partial charge in [-0.05, 0) is 102 Å². The highest BCUT2D eigenvalue weighted by Gasteiger charge is 2.34. The monoisotopic (exact) mass is 1310 g/mol. The van der Waals surface area contributed by atoms with Crippen LogP contribution in [0.4, 0.5) is 5.82 Å². The number of H-pyrrole nitrogens is 1. The molecule has 91 heavy (non-hydrogen) atoms. The average Bonchev–Trinajstić information content (AvgIpc) is 1.94. The quantitative estimate of drug-likeness (QED) is 0.0239. The van der Waals surface area contributed by atoms with Crippen LogP contribution in [-0.4, -0.2) is 164 Å². The Morgan fingerprint density at radius 3 is 2.09 bits per heavy atom. The molecule has 0 saturated carbocycles. The maximum absolute atomic E-state index is 14.4. The van der Waals surface area contributed by atoms with Crippen molar-refractivity contribution in [2.24, 2.45) is 28.9 Å².